The van der Waals surface area contributed by atoms with Gasteiger partial charge in [0.25, 0.3) is 5.56 Å². The maximum Gasteiger partial charge on any atom is 0.293 e. The number of aromatic amines is 1. The van der Waals surface area contributed by atoms with Crippen LogP contribution in [0.4, 0.5) is 4.39 Å². The third-order valence-electron chi connectivity index (χ3n) is 6.60. The fourth-order valence-electron chi connectivity index (χ4n) is 4.17. The molecule has 1 aliphatic rings. The number of rotatable bonds is 10. The molecule has 0 bridgehead atoms. The maximum atomic E-state index is 13.0. The molecule has 9 heteroatoms. The molecule has 0 amide bonds. The summed E-state index contributed by atoms with van der Waals surface area (Å²) in [6.07, 6.45) is 2.16. The van der Waals surface area contributed by atoms with Crippen LogP contribution < -0.4 is 16.2 Å². The Morgan fingerprint density at radius 3 is 2.47 bits per heavy atom. The molecule has 1 fully saturated rings. The van der Waals surface area contributed by atoms with Crippen molar-refractivity contribution in [2.75, 3.05) is 26.4 Å². The van der Waals surface area contributed by atoms with Gasteiger partial charge in [-0.2, -0.15) is 0 Å². The highest BCUT2D eigenvalue weighted by Gasteiger charge is 2.31. The summed E-state index contributed by atoms with van der Waals surface area (Å²) < 4.78 is 18.3. The lowest BCUT2D eigenvalue weighted by Crippen LogP contribution is -2.45. The molecule has 2 heterocycles. The van der Waals surface area contributed by atoms with Gasteiger partial charge in [0.2, 0.25) is 5.75 Å². The number of hydrogen-bond donors (Lipinski definition) is 5. The summed E-state index contributed by atoms with van der Waals surface area (Å²) in [6.45, 7) is 3.12. The number of nitrogens with one attached hydrogen (secondary N) is 3. The van der Waals surface area contributed by atoms with Crippen LogP contribution in [0.5, 0.6) is 5.75 Å². The van der Waals surface area contributed by atoms with Crippen LogP contribution in [0.25, 0.3) is 0 Å². The first-order valence-electron chi connectivity index (χ1n) is 12.7. The van der Waals surface area contributed by atoms with Crippen molar-refractivity contribution in [2.45, 2.75) is 44.0 Å². The second kappa shape index (κ2) is 12.8. The van der Waals surface area contributed by atoms with Crippen LogP contribution in [0.1, 0.15) is 47.2 Å². The lowest BCUT2D eigenvalue weighted by Gasteiger charge is -2.22. The number of halogens is 1. The van der Waals surface area contributed by atoms with Gasteiger partial charge in [0.1, 0.15) is 12.4 Å². The van der Waals surface area contributed by atoms with Crippen molar-refractivity contribution in [3.05, 3.63) is 93.2 Å². The molecule has 0 saturated carbocycles. The van der Waals surface area contributed by atoms with E-state index in [1.807, 2.05) is 48.5 Å². The summed E-state index contributed by atoms with van der Waals surface area (Å²) in [5, 5.41) is 26.7. The van der Waals surface area contributed by atoms with Gasteiger partial charge >= 0.3 is 0 Å². The zero-order chi connectivity index (χ0) is 27.0. The van der Waals surface area contributed by atoms with E-state index in [2.05, 4.69) is 32.4 Å². The molecule has 0 aliphatic carbocycles. The molecular weight excluding hydrogens is 487 g/mol. The van der Waals surface area contributed by atoms with E-state index in [0.29, 0.717) is 44.8 Å². The van der Waals surface area contributed by atoms with Crippen molar-refractivity contribution in [1.29, 1.82) is 0 Å². The van der Waals surface area contributed by atoms with E-state index in [-0.39, 0.29) is 12.0 Å². The number of ether oxygens (including phenoxy) is 1. The van der Waals surface area contributed by atoms with Gasteiger partial charge in [0, 0.05) is 49.0 Å². The van der Waals surface area contributed by atoms with Gasteiger partial charge in [-0.05, 0) is 42.3 Å². The zero-order valence-electron chi connectivity index (χ0n) is 21.3. The minimum absolute atomic E-state index is 0.138. The lowest BCUT2D eigenvalue weighted by atomic mass is 9.92. The molecule has 4 rings (SSSR count). The number of benzene rings is 2. The van der Waals surface area contributed by atoms with Crippen molar-refractivity contribution in [3.8, 4) is 17.6 Å². The first kappa shape index (κ1) is 27.5. The van der Waals surface area contributed by atoms with Crippen LogP contribution >= 0.6 is 0 Å². The molecule has 2 aromatic carbocycles. The molecule has 200 valence electrons. The van der Waals surface area contributed by atoms with Crippen molar-refractivity contribution in [1.82, 2.24) is 20.6 Å². The van der Waals surface area contributed by atoms with Crippen molar-refractivity contribution in [3.63, 3.8) is 0 Å². The average molecular weight is 521 g/mol. The summed E-state index contributed by atoms with van der Waals surface area (Å²) in [7, 11) is 0. The van der Waals surface area contributed by atoms with E-state index in [9.17, 15) is 19.4 Å². The van der Waals surface area contributed by atoms with E-state index in [1.54, 1.807) is 6.92 Å². The Morgan fingerprint density at radius 2 is 1.84 bits per heavy atom. The third-order valence-corrected chi connectivity index (χ3v) is 6.60. The Balaban J connectivity index is 1.41. The molecule has 0 radical (unpaired) electrons. The Morgan fingerprint density at radius 1 is 1.16 bits per heavy atom. The smallest absolute Gasteiger partial charge is 0.293 e. The van der Waals surface area contributed by atoms with E-state index in [0.717, 1.165) is 22.3 Å². The van der Waals surface area contributed by atoms with Gasteiger partial charge in [-0.1, -0.05) is 36.1 Å². The molecule has 3 aromatic rings. The summed E-state index contributed by atoms with van der Waals surface area (Å²) in [5.74, 6) is 5.80. The zero-order valence-corrected chi connectivity index (χ0v) is 21.3. The number of H-pyrrole nitrogens is 1. The molecule has 8 nitrogen and oxygen atoms in total. The van der Waals surface area contributed by atoms with E-state index >= 15 is 0 Å². The second-order valence-electron chi connectivity index (χ2n) is 9.65. The van der Waals surface area contributed by atoms with Crippen molar-refractivity contribution < 1.29 is 19.3 Å². The normalized spacial score (nSPS) is 18.5. The van der Waals surface area contributed by atoms with Crippen LogP contribution in [0.2, 0.25) is 0 Å². The Kier molecular flexibility index (Phi) is 9.26. The number of nitrogens with zero attached hydrogens (tertiary/aromatic N) is 1. The molecule has 3 atom stereocenters. The quantitative estimate of drug-likeness (QED) is 0.206. The number of aromatic nitrogens is 2. The minimum Gasteiger partial charge on any atom is -0.502 e. The van der Waals surface area contributed by atoms with Gasteiger partial charge in [0.05, 0.1) is 25.2 Å². The highest BCUT2D eigenvalue weighted by Crippen LogP contribution is 2.23. The summed E-state index contributed by atoms with van der Waals surface area (Å²) >= 11 is 0. The van der Waals surface area contributed by atoms with Gasteiger partial charge < -0.3 is 25.3 Å². The van der Waals surface area contributed by atoms with Gasteiger partial charge in [-0.15, -0.1) is 0 Å². The molecule has 5 N–H and O–H groups in total. The number of aliphatic hydroxyl groups is 1. The molecule has 38 heavy (non-hydrogen) atoms. The first-order valence-corrected chi connectivity index (χ1v) is 12.7. The van der Waals surface area contributed by atoms with Crippen LogP contribution in [0.15, 0.2) is 59.7 Å². The van der Waals surface area contributed by atoms with Crippen LogP contribution in [-0.2, 0) is 17.7 Å². The largest absolute Gasteiger partial charge is 0.502 e. The summed E-state index contributed by atoms with van der Waals surface area (Å²) in [6, 6.07) is 15.3. The molecular formula is C29H33FN4O4. The van der Waals surface area contributed by atoms with E-state index < -0.39 is 23.7 Å². The van der Waals surface area contributed by atoms with E-state index in [1.165, 1.54) is 6.33 Å². The molecule has 1 aliphatic heterocycles. The van der Waals surface area contributed by atoms with Crippen LogP contribution in [0, 0.1) is 11.8 Å². The highest BCUT2D eigenvalue weighted by atomic mass is 19.1. The minimum atomic E-state index is -0.958. The van der Waals surface area contributed by atoms with Gasteiger partial charge in [-0.3, -0.25) is 10.1 Å². The fraction of sp³-hybridized carbons (Fsp3) is 0.379. The first-order chi connectivity index (χ1) is 18.3. The monoisotopic (exact) mass is 520 g/mol. The Bertz CT molecular complexity index is 1310. The molecule has 1 unspecified atom stereocenters. The molecule has 1 saturated heterocycles. The van der Waals surface area contributed by atoms with Crippen molar-refractivity contribution in [2.24, 2.45) is 0 Å². The number of alkyl halides is 1. The van der Waals surface area contributed by atoms with E-state index in [4.69, 9.17) is 4.74 Å². The average Bonchev–Trinajstić information content (AvgIpc) is 3.38. The number of hydrogen-bond acceptors (Lipinski definition) is 7. The molecule has 1 aromatic heterocycles. The molecule has 0 spiro atoms. The third kappa shape index (κ3) is 7.49. The van der Waals surface area contributed by atoms with Crippen LogP contribution in [0.3, 0.4) is 0 Å². The topological polar surface area (TPSA) is 120 Å². The predicted molar refractivity (Wildman–Crippen MR) is 142 cm³/mol. The Labute approximate surface area is 221 Å². The SMILES string of the molecule is C[C@@H](CF)NCC(Cc1nc[nH]c(=O)c1O)c1ccc(C#Cc2ccc(CN[C@]3(O)CCOC3)cc2)cc1. The summed E-state index contributed by atoms with van der Waals surface area (Å²) in [5.41, 5.74) is 2.46. The fourth-order valence-corrected chi connectivity index (χ4v) is 4.17. The summed E-state index contributed by atoms with van der Waals surface area (Å²) in [4.78, 5) is 18.3. The Hall–Kier alpha value is -3.55. The standard InChI is InChI=1S/C29H33FN4O4/c1-20(15-30)31-17-25(14-26-27(35)28(36)33-19-32-26)24-10-8-22(9-11-24)3-2-21-4-6-23(7-5-21)16-34-29(37)12-13-38-18-29/h4-11,19-20,25,31,34-35,37H,12-18H2,1H3,(H,32,33,36)/t20-,25?,29-/m0/s1. The van der Waals surface area contributed by atoms with Gasteiger partial charge in [0.15, 0.2) is 0 Å². The maximum absolute atomic E-state index is 13.0. The van der Waals surface area contributed by atoms with Gasteiger partial charge in [-0.25, -0.2) is 9.37 Å². The lowest BCUT2D eigenvalue weighted by molar-refractivity contribution is -0.00533. The highest BCUT2D eigenvalue weighted by molar-refractivity contribution is 5.44. The number of aromatic hydroxyl groups is 1. The van der Waals surface area contributed by atoms with Crippen LogP contribution in [-0.4, -0.2) is 58.4 Å². The second-order valence-corrected chi connectivity index (χ2v) is 9.65. The van der Waals surface area contributed by atoms with Crippen molar-refractivity contribution >= 4 is 0 Å². The predicted octanol–water partition coefficient (Wildman–Crippen LogP) is 2.35.